The van der Waals surface area contributed by atoms with Crippen molar-refractivity contribution in [3.05, 3.63) is 18.1 Å². The van der Waals surface area contributed by atoms with E-state index >= 15 is 0 Å². The highest BCUT2D eigenvalue weighted by Crippen LogP contribution is 2.14. The third-order valence-corrected chi connectivity index (χ3v) is 2.55. The molecule has 4 nitrogen and oxygen atoms in total. The van der Waals surface area contributed by atoms with Gasteiger partial charge in [0, 0.05) is 24.3 Å². The molecule has 3 N–H and O–H groups in total. The Bertz CT molecular complexity index is 312. The Morgan fingerprint density at radius 2 is 2.12 bits per heavy atom. The first-order valence-corrected chi connectivity index (χ1v) is 5.95. The highest BCUT2D eigenvalue weighted by atomic mass is 15.0. The van der Waals surface area contributed by atoms with E-state index in [0.29, 0.717) is 18.5 Å². The highest BCUT2D eigenvalue weighted by Gasteiger charge is 2.07. The lowest BCUT2D eigenvalue weighted by molar-refractivity contribution is 0.645. The summed E-state index contributed by atoms with van der Waals surface area (Å²) in [5.74, 6) is 1.30. The van der Waals surface area contributed by atoms with Crippen LogP contribution in [0.15, 0.2) is 12.4 Å². The summed E-state index contributed by atoms with van der Waals surface area (Å²) >= 11 is 0. The minimum absolute atomic E-state index is 0.305. The van der Waals surface area contributed by atoms with Crippen LogP contribution in [0.2, 0.25) is 0 Å². The van der Waals surface area contributed by atoms with E-state index in [2.05, 4.69) is 36.1 Å². The molecule has 0 bridgehead atoms. The van der Waals surface area contributed by atoms with Gasteiger partial charge in [-0.2, -0.15) is 0 Å². The lowest BCUT2D eigenvalue weighted by atomic mass is 10.1. The van der Waals surface area contributed by atoms with E-state index < -0.39 is 0 Å². The van der Waals surface area contributed by atoms with Gasteiger partial charge in [-0.15, -0.1) is 0 Å². The van der Waals surface area contributed by atoms with Gasteiger partial charge in [0.25, 0.3) is 0 Å². The summed E-state index contributed by atoms with van der Waals surface area (Å²) in [5, 5.41) is 3.35. The molecule has 0 aliphatic carbocycles. The van der Waals surface area contributed by atoms with Crippen LogP contribution >= 0.6 is 0 Å². The molecule has 1 aromatic rings. The lowest BCUT2D eigenvalue weighted by Gasteiger charge is -2.17. The number of rotatable bonds is 6. The summed E-state index contributed by atoms with van der Waals surface area (Å²) in [6, 6.07) is 2.31. The Balaban J connectivity index is 2.68. The van der Waals surface area contributed by atoms with Crippen molar-refractivity contribution >= 4 is 5.82 Å². The summed E-state index contributed by atoms with van der Waals surface area (Å²) in [6.45, 7) is 7.04. The van der Waals surface area contributed by atoms with Gasteiger partial charge in [-0.25, -0.2) is 9.97 Å². The molecule has 0 aromatic carbocycles. The molecule has 1 aromatic heterocycles. The van der Waals surface area contributed by atoms with Crippen LogP contribution in [-0.4, -0.2) is 22.6 Å². The van der Waals surface area contributed by atoms with E-state index in [9.17, 15) is 0 Å². The van der Waals surface area contributed by atoms with E-state index in [-0.39, 0.29) is 0 Å². The van der Waals surface area contributed by atoms with Gasteiger partial charge in [0.2, 0.25) is 0 Å². The monoisotopic (exact) mass is 222 g/mol. The van der Waals surface area contributed by atoms with Gasteiger partial charge in [-0.3, -0.25) is 0 Å². The average molecular weight is 222 g/mol. The quantitative estimate of drug-likeness (QED) is 0.774. The first-order valence-electron chi connectivity index (χ1n) is 5.95. The summed E-state index contributed by atoms with van der Waals surface area (Å²) in [4.78, 5) is 8.45. The predicted octanol–water partition coefficient (Wildman–Crippen LogP) is 2.14. The normalized spacial score (nSPS) is 12.8. The van der Waals surface area contributed by atoms with E-state index in [4.69, 9.17) is 5.73 Å². The number of nitrogens with two attached hydrogens (primary N) is 1. The molecule has 1 unspecified atom stereocenters. The van der Waals surface area contributed by atoms with Crippen molar-refractivity contribution < 1.29 is 0 Å². The van der Waals surface area contributed by atoms with Crippen molar-refractivity contribution in [3.63, 3.8) is 0 Å². The molecule has 1 rings (SSSR count). The van der Waals surface area contributed by atoms with E-state index in [1.807, 2.05) is 6.07 Å². The summed E-state index contributed by atoms with van der Waals surface area (Å²) in [6.07, 6.45) is 3.80. The summed E-state index contributed by atoms with van der Waals surface area (Å²) in [7, 11) is 0. The second-order valence-electron chi connectivity index (χ2n) is 4.35. The van der Waals surface area contributed by atoms with Gasteiger partial charge >= 0.3 is 0 Å². The lowest BCUT2D eigenvalue weighted by Crippen LogP contribution is -2.29. The molecule has 1 heterocycles. The van der Waals surface area contributed by atoms with E-state index in [1.54, 1.807) is 6.33 Å². The largest absolute Gasteiger partial charge is 0.366 e. The third-order valence-electron chi connectivity index (χ3n) is 2.55. The van der Waals surface area contributed by atoms with Crippen LogP contribution in [-0.2, 0) is 0 Å². The SMILES string of the molecule is CCCC(CN)Nc1cc(C(C)C)ncn1. The maximum absolute atomic E-state index is 5.70. The van der Waals surface area contributed by atoms with E-state index in [1.165, 1.54) is 0 Å². The van der Waals surface area contributed by atoms with Crippen molar-refractivity contribution in [2.45, 2.75) is 45.6 Å². The van der Waals surface area contributed by atoms with Crippen LogP contribution in [0, 0.1) is 0 Å². The minimum atomic E-state index is 0.305. The molecule has 0 radical (unpaired) electrons. The first-order chi connectivity index (χ1) is 7.67. The second kappa shape index (κ2) is 6.43. The van der Waals surface area contributed by atoms with Crippen molar-refractivity contribution in [1.82, 2.24) is 9.97 Å². The highest BCUT2D eigenvalue weighted by molar-refractivity contribution is 5.36. The molecule has 0 saturated carbocycles. The number of nitrogens with one attached hydrogen (secondary N) is 1. The van der Waals surface area contributed by atoms with Gasteiger partial charge in [-0.1, -0.05) is 27.2 Å². The average Bonchev–Trinajstić information content (AvgIpc) is 2.29. The minimum Gasteiger partial charge on any atom is -0.366 e. The van der Waals surface area contributed by atoms with E-state index in [0.717, 1.165) is 24.4 Å². The van der Waals surface area contributed by atoms with Crippen LogP contribution in [0.25, 0.3) is 0 Å². The van der Waals surface area contributed by atoms with Crippen molar-refractivity contribution in [1.29, 1.82) is 0 Å². The fourth-order valence-corrected chi connectivity index (χ4v) is 1.57. The maximum Gasteiger partial charge on any atom is 0.129 e. The zero-order valence-electron chi connectivity index (χ0n) is 10.4. The Labute approximate surface area is 97.7 Å². The molecular weight excluding hydrogens is 200 g/mol. The molecule has 1 atom stereocenters. The summed E-state index contributed by atoms with van der Waals surface area (Å²) in [5.41, 5.74) is 6.76. The fraction of sp³-hybridized carbons (Fsp3) is 0.667. The molecule has 90 valence electrons. The molecule has 0 spiro atoms. The van der Waals surface area contributed by atoms with Crippen LogP contribution in [0.5, 0.6) is 0 Å². The molecule has 0 aliphatic rings. The van der Waals surface area contributed by atoms with Gasteiger partial charge in [0.05, 0.1) is 0 Å². The van der Waals surface area contributed by atoms with Crippen molar-refractivity contribution in [2.75, 3.05) is 11.9 Å². The molecular formula is C12H22N4. The van der Waals surface area contributed by atoms with Crippen LogP contribution in [0.3, 0.4) is 0 Å². The second-order valence-corrected chi connectivity index (χ2v) is 4.35. The van der Waals surface area contributed by atoms with Crippen molar-refractivity contribution in [3.8, 4) is 0 Å². The van der Waals surface area contributed by atoms with Gasteiger partial charge in [-0.05, 0) is 12.3 Å². The topological polar surface area (TPSA) is 63.8 Å². The zero-order valence-corrected chi connectivity index (χ0v) is 10.4. The molecule has 16 heavy (non-hydrogen) atoms. The molecule has 4 heteroatoms. The Morgan fingerprint density at radius 3 is 2.69 bits per heavy atom. The van der Waals surface area contributed by atoms with Crippen LogP contribution in [0.4, 0.5) is 5.82 Å². The number of hydrogen-bond acceptors (Lipinski definition) is 4. The van der Waals surface area contributed by atoms with Crippen molar-refractivity contribution in [2.24, 2.45) is 5.73 Å². The number of anilines is 1. The number of hydrogen-bond donors (Lipinski definition) is 2. The van der Waals surface area contributed by atoms with Crippen LogP contribution in [0.1, 0.15) is 45.2 Å². The smallest absolute Gasteiger partial charge is 0.129 e. The third kappa shape index (κ3) is 3.77. The fourth-order valence-electron chi connectivity index (χ4n) is 1.57. The number of nitrogens with zero attached hydrogens (tertiary/aromatic N) is 2. The first kappa shape index (κ1) is 12.9. The van der Waals surface area contributed by atoms with Crippen LogP contribution < -0.4 is 11.1 Å². The maximum atomic E-state index is 5.70. The predicted molar refractivity (Wildman–Crippen MR) is 67.5 cm³/mol. The van der Waals surface area contributed by atoms with Gasteiger partial charge < -0.3 is 11.1 Å². The Hall–Kier alpha value is -1.16. The Kier molecular flexibility index (Phi) is 5.19. The molecule has 0 aliphatic heterocycles. The molecule has 0 amide bonds. The summed E-state index contributed by atoms with van der Waals surface area (Å²) < 4.78 is 0. The van der Waals surface area contributed by atoms with Gasteiger partial charge in [0.1, 0.15) is 12.1 Å². The molecule has 0 fully saturated rings. The standard InChI is InChI=1S/C12H22N4/c1-4-5-10(7-13)16-12-6-11(9(2)3)14-8-15-12/h6,8-10H,4-5,7,13H2,1-3H3,(H,14,15,16). The Morgan fingerprint density at radius 1 is 1.38 bits per heavy atom. The van der Waals surface area contributed by atoms with Gasteiger partial charge in [0.15, 0.2) is 0 Å². The number of aromatic nitrogens is 2. The zero-order chi connectivity index (χ0) is 12.0. The molecule has 0 saturated heterocycles.